The Bertz CT molecular complexity index is 804. The van der Waals surface area contributed by atoms with Crippen molar-refractivity contribution < 1.29 is 4.42 Å². The van der Waals surface area contributed by atoms with Crippen LogP contribution >= 0.6 is 31.9 Å². The highest BCUT2D eigenvalue weighted by molar-refractivity contribution is 9.10. The third-order valence-corrected chi connectivity index (χ3v) is 4.61. The maximum atomic E-state index is 5.77. The lowest BCUT2D eigenvalue weighted by Gasteiger charge is -2.15. The van der Waals surface area contributed by atoms with Crippen molar-refractivity contribution in [1.82, 2.24) is 15.1 Å². The fraction of sp³-hybridized carbons (Fsp3) is 0.176. The fourth-order valence-electron chi connectivity index (χ4n) is 2.26. The molecule has 2 aromatic carbocycles. The molecule has 3 rings (SSSR count). The van der Waals surface area contributed by atoms with Crippen LogP contribution in [0.1, 0.15) is 11.5 Å². The van der Waals surface area contributed by atoms with Crippen LogP contribution in [0, 0.1) is 0 Å². The first-order valence-electron chi connectivity index (χ1n) is 7.12. The second-order valence-electron chi connectivity index (χ2n) is 5.28. The van der Waals surface area contributed by atoms with Crippen molar-refractivity contribution in [1.29, 1.82) is 0 Å². The molecule has 4 nitrogen and oxygen atoms in total. The third-order valence-electron chi connectivity index (χ3n) is 3.34. The molecule has 0 aliphatic heterocycles. The molecular formula is C17H15Br2N3O. The number of hydrogen-bond donors (Lipinski definition) is 0. The van der Waals surface area contributed by atoms with Gasteiger partial charge >= 0.3 is 0 Å². The first kappa shape index (κ1) is 16.4. The van der Waals surface area contributed by atoms with Crippen LogP contribution in [0.2, 0.25) is 0 Å². The third kappa shape index (κ3) is 4.28. The van der Waals surface area contributed by atoms with Crippen LogP contribution < -0.4 is 0 Å². The van der Waals surface area contributed by atoms with Crippen LogP contribution in [0.25, 0.3) is 11.5 Å². The van der Waals surface area contributed by atoms with E-state index in [4.69, 9.17) is 4.42 Å². The highest BCUT2D eigenvalue weighted by Crippen LogP contribution is 2.22. The molecule has 0 bridgehead atoms. The largest absolute Gasteiger partial charge is 0.419 e. The van der Waals surface area contributed by atoms with E-state index in [1.54, 1.807) is 0 Å². The lowest BCUT2D eigenvalue weighted by atomic mass is 10.2. The van der Waals surface area contributed by atoms with E-state index in [0.29, 0.717) is 18.3 Å². The van der Waals surface area contributed by atoms with Gasteiger partial charge in [-0.25, -0.2) is 0 Å². The summed E-state index contributed by atoms with van der Waals surface area (Å²) in [6, 6.07) is 16.0. The monoisotopic (exact) mass is 435 g/mol. The summed E-state index contributed by atoms with van der Waals surface area (Å²) >= 11 is 7.02. The topological polar surface area (TPSA) is 42.2 Å². The minimum absolute atomic E-state index is 0.538. The van der Waals surface area contributed by atoms with E-state index in [-0.39, 0.29) is 0 Å². The molecule has 0 saturated carbocycles. The van der Waals surface area contributed by atoms with Crippen LogP contribution in [-0.2, 0) is 13.1 Å². The number of halogens is 2. The van der Waals surface area contributed by atoms with Crippen LogP contribution in [-0.4, -0.2) is 22.1 Å². The maximum absolute atomic E-state index is 5.77. The normalized spacial score (nSPS) is 11.1. The lowest BCUT2D eigenvalue weighted by Crippen LogP contribution is -2.17. The van der Waals surface area contributed by atoms with Gasteiger partial charge in [-0.3, -0.25) is 4.90 Å². The van der Waals surface area contributed by atoms with Gasteiger partial charge in [0.1, 0.15) is 0 Å². The summed E-state index contributed by atoms with van der Waals surface area (Å²) in [4.78, 5) is 2.14. The number of nitrogens with zero attached hydrogens (tertiary/aromatic N) is 3. The molecule has 0 saturated heterocycles. The lowest BCUT2D eigenvalue weighted by molar-refractivity contribution is 0.282. The maximum Gasteiger partial charge on any atom is 0.247 e. The van der Waals surface area contributed by atoms with E-state index < -0.39 is 0 Å². The Morgan fingerprint density at radius 3 is 2.61 bits per heavy atom. The summed E-state index contributed by atoms with van der Waals surface area (Å²) in [5.74, 6) is 1.14. The van der Waals surface area contributed by atoms with E-state index in [1.807, 2.05) is 49.5 Å². The van der Waals surface area contributed by atoms with Crippen molar-refractivity contribution in [3.05, 3.63) is 68.9 Å². The Morgan fingerprint density at radius 2 is 1.83 bits per heavy atom. The molecule has 23 heavy (non-hydrogen) atoms. The average molecular weight is 437 g/mol. The van der Waals surface area contributed by atoms with Crippen molar-refractivity contribution in [3.63, 3.8) is 0 Å². The molecule has 0 radical (unpaired) electrons. The Labute approximate surface area is 151 Å². The highest BCUT2D eigenvalue weighted by Gasteiger charge is 2.12. The molecule has 0 spiro atoms. The molecule has 0 fully saturated rings. The quantitative estimate of drug-likeness (QED) is 0.570. The molecule has 1 aromatic heterocycles. The van der Waals surface area contributed by atoms with Crippen LogP contribution in [0.3, 0.4) is 0 Å². The molecule has 0 aliphatic rings. The summed E-state index contributed by atoms with van der Waals surface area (Å²) < 4.78 is 7.86. The van der Waals surface area contributed by atoms with E-state index >= 15 is 0 Å². The van der Waals surface area contributed by atoms with Crippen LogP contribution in [0.15, 0.2) is 61.9 Å². The summed E-state index contributed by atoms with van der Waals surface area (Å²) in [6.07, 6.45) is 0. The van der Waals surface area contributed by atoms with Crippen LogP contribution in [0.4, 0.5) is 0 Å². The summed E-state index contributed by atoms with van der Waals surface area (Å²) in [6.45, 7) is 1.40. The zero-order valence-electron chi connectivity index (χ0n) is 12.5. The smallest absolute Gasteiger partial charge is 0.247 e. The first-order chi connectivity index (χ1) is 11.1. The number of rotatable bonds is 5. The second-order valence-corrected chi connectivity index (χ2v) is 7.05. The molecule has 6 heteroatoms. The fourth-order valence-corrected chi connectivity index (χ4v) is 3.07. The van der Waals surface area contributed by atoms with Gasteiger partial charge in [-0.1, -0.05) is 56.1 Å². The molecule has 118 valence electrons. The van der Waals surface area contributed by atoms with Gasteiger partial charge in [-0.05, 0) is 36.9 Å². The molecule has 1 heterocycles. The van der Waals surface area contributed by atoms with Crippen molar-refractivity contribution in [3.8, 4) is 11.5 Å². The minimum atomic E-state index is 0.538. The summed E-state index contributed by atoms with van der Waals surface area (Å²) in [5.41, 5.74) is 2.13. The zero-order chi connectivity index (χ0) is 16.2. The average Bonchev–Trinajstić information content (AvgIpc) is 2.98. The molecule has 0 N–H and O–H groups in total. The van der Waals surface area contributed by atoms with Gasteiger partial charge in [0, 0.05) is 21.1 Å². The van der Waals surface area contributed by atoms with Gasteiger partial charge < -0.3 is 4.42 Å². The SMILES string of the molecule is CN(Cc1nnc(-c2cccc(Br)c2)o1)Cc1ccccc1Br. The van der Waals surface area contributed by atoms with E-state index in [0.717, 1.165) is 21.1 Å². The van der Waals surface area contributed by atoms with Crippen molar-refractivity contribution in [2.24, 2.45) is 0 Å². The van der Waals surface area contributed by atoms with E-state index in [1.165, 1.54) is 5.56 Å². The summed E-state index contributed by atoms with van der Waals surface area (Å²) in [5, 5.41) is 8.27. The van der Waals surface area contributed by atoms with Crippen LogP contribution in [0.5, 0.6) is 0 Å². The predicted molar refractivity (Wildman–Crippen MR) is 96.7 cm³/mol. The number of hydrogen-bond acceptors (Lipinski definition) is 4. The number of benzene rings is 2. The Kier molecular flexibility index (Phi) is 5.25. The van der Waals surface area contributed by atoms with Gasteiger partial charge in [-0.2, -0.15) is 0 Å². The van der Waals surface area contributed by atoms with Crippen molar-refractivity contribution in [2.75, 3.05) is 7.05 Å². The van der Waals surface area contributed by atoms with Gasteiger partial charge in [0.05, 0.1) is 6.54 Å². The molecule has 0 aliphatic carbocycles. The predicted octanol–water partition coefficient (Wildman–Crippen LogP) is 4.89. The Morgan fingerprint density at radius 1 is 1.00 bits per heavy atom. The zero-order valence-corrected chi connectivity index (χ0v) is 15.7. The van der Waals surface area contributed by atoms with Gasteiger partial charge in [-0.15, -0.1) is 10.2 Å². The number of aromatic nitrogens is 2. The molecule has 0 unspecified atom stereocenters. The van der Waals surface area contributed by atoms with Gasteiger partial charge in [0.15, 0.2) is 0 Å². The van der Waals surface area contributed by atoms with Crippen molar-refractivity contribution >= 4 is 31.9 Å². The second kappa shape index (κ2) is 7.38. The van der Waals surface area contributed by atoms with Gasteiger partial charge in [0.25, 0.3) is 0 Å². The minimum Gasteiger partial charge on any atom is -0.419 e. The van der Waals surface area contributed by atoms with Crippen molar-refractivity contribution in [2.45, 2.75) is 13.1 Å². The van der Waals surface area contributed by atoms with E-state index in [2.05, 4.69) is 53.0 Å². The van der Waals surface area contributed by atoms with Gasteiger partial charge in [0.2, 0.25) is 11.8 Å². The molecular weight excluding hydrogens is 422 g/mol. The summed E-state index contributed by atoms with van der Waals surface area (Å²) in [7, 11) is 2.03. The molecule has 3 aromatic rings. The Hall–Kier alpha value is -1.50. The molecule has 0 atom stereocenters. The standard InChI is InChI=1S/C17H15Br2N3O/c1-22(10-13-5-2-3-8-15(13)19)11-16-20-21-17(23-16)12-6-4-7-14(18)9-12/h2-9H,10-11H2,1H3. The first-order valence-corrected chi connectivity index (χ1v) is 8.70. The highest BCUT2D eigenvalue weighted by atomic mass is 79.9. The molecule has 0 amide bonds. The van der Waals surface area contributed by atoms with E-state index in [9.17, 15) is 0 Å². The Balaban J connectivity index is 1.68.